The fraction of sp³-hybridized carbons (Fsp3) is 0.222. The van der Waals surface area contributed by atoms with Crippen molar-refractivity contribution in [2.24, 2.45) is 17.8 Å². The number of allylic oxidation sites excluding steroid dienone is 1. The van der Waals surface area contributed by atoms with Crippen molar-refractivity contribution in [1.82, 2.24) is 0 Å². The molecular formula is C36H32BIN2O7. The van der Waals surface area contributed by atoms with Crippen LogP contribution < -0.4 is 19.7 Å². The molecule has 2 heterocycles. The molecular weight excluding hydrogens is 710 g/mol. The van der Waals surface area contributed by atoms with Crippen LogP contribution in [0, 0.1) is 21.3 Å². The number of rotatable bonds is 8. The molecule has 3 N–H and O–H groups in total. The molecule has 47 heavy (non-hydrogen) atoms. The molecule has 0 bridgehead atoms. The third-order valence-corrected chi connectivity index (χ3v) is 10.0. The number of para-hydroxylation sites is 2. The van der Waals surface area contributed by atoms with Crippen LogP contribution in [0.15, 0.2) is 108 Å². The molecule has 2 amide bonds. The number of phenols is 1. The third kappa shape index (κ3) is 5.99. The fourth-order valence-corrected chi connectivity index (χ4v) is 7.64. The Morgan fingerprint density at radius 2 is 1.62 bits per heavy atom. The molecule has 4 aromatic carbocycles. The van der Waals surface area contributed by atoms with Gasteiger partial charge in [0.15, 0.2) is 11.5 Å². The van der Waals surface area contributed by atoms with Crippen molar-refractivity contribution in [1.29, 1.82) is 0 Å². The van der Waals surface area contributed by atoms with E-state index in [2.05, 4.69) is 5.32 Å². The van der Waals surface area contributed by atoms with E-state index in [4.69, 9.17) is 14.1 Å². The standard InChI is InChI=1S/C36H32BIN2O7/c1-45-31-18-21(17-29(38)34(31)41)30-19-27-32-28(16-22(33(27)37(44)47-30)20-46-26-10-6-3-7-11-26)35(42)40(36(32)43)25-14-12-24(13-15-25)39-23-8-4-2-5-9-23/h2-15,17-18,27-28,30,32,39,41,44H,16,19-20H2,1H3/t27-,28-,30-,32+/m0/s1. The number of methoxy groups -OCH3 is 1. The van der Waals surface area contributed by atoms with Gasteiger partial charge in [-0.25, -0.2) is 0 Å². The monoisotopic (exact) mass is 742 g/mol. The summed E-state index contributed by atoms with van der Waals surface area (Å²) in [6.07, 6.45) is 0.00453. The number of nitrogens with zero attached hydrogens (tertiary/aromatic N) is 1. The lowest BCUT2D eigenvalue weighted by Gasteiger charge is -2.42. The number of nitrogens with one attached hydrogen (secondary N) is 1. The topological polar surface area (TPSA) is 118 Å². The van der Waals surface area contributed by atoms with Gasteiger partial charge in [0.1, 0.15) is 12.4 Å². The molecule has 4 atom stereocenters. The smallest absolute Gasteiger partial charge is 0.487 e. The molecule has 0 saturated carbocycles. The highest BCUT2D eigenvalue weighted by molar-refractivity contribution is 14.1. The Labute approximate surface area is 286 Å². The number of hydrogen-bond acceptors (Lipinski definition) is 8. The fourth-order valence-electron chi connectivity index (χ4n) is 7.02. The van der Waals surface area contributed by atoms with Crippen molar-refractivity contribution in [3.05, 3.63) is 117 Å². The zero-order valence-corrected chi connectivity index (χ0v) is 27.7. The van der Waals surface area contributed by atoms with Gasteiger partial charge in [0.2, 0.25) is 11.8 Å². The van der Waals surface area contributed by atoms with Gasteiger partial charge in [-0.1, -0.05) is 36.4 Å². The summed E-state index contributed by atoms with van der Waals surface area (Å²) >= 11 is 2.02. The Morgan fingerprint density at radius 1 is 0.936 bits per heavy atom. The third-order valence-electron chi connectivity index (χ3n) is 9.20. The van der Waals surface area contributed by atoms with Crippen molar-refractivity contribution in [2.75, 3.05) is 23.9 Å². The van der Waals surface area contributed by atoms with Crippen LogP contribution in [0.25, 0.3) is 0 Å². The van der Waals surface area contributed by atoms with E-state index in [0.717, 1.165) is 16.9 Å². The number of ether oxygens (including phenoxy) is 2. The number of hydrogen-bond donors (Lipinski definition) is 3. The second kappa shape index (κ2) is 13.1. The van der Waals surface area contributed by atoms with Crippen LogP contribution in [-0.4, -0.2) is 42.8 Å². The van der Waals surface area contributed by atoms with Crippen LogP contribution in [0.5, 0.6) is 17.2 Å². The van der Waals surface area contributed by atoms with Crippen LogP contribution in [0.1, 0.15) is 24.5 Å². The molecule has 2 fully saturated rings. The number of phenolic OH excluding ortho intramolecular Hbond substituents is 1. The largest absolute Gasteiger partial charge is 0.504 e. The molecule has 1 aliphatic carbocycles. The first kappa shape index (κ1) is 31.3. The molecule has 11 heteroatoms. The normalized spacial score (nSPS) is 22.2. The number of imide groups is 1. The summed E-state index contributed by atoms with van der Waals surface area (Å²) < 4.78 is 18.2. The maximum Gasteiger partial charge on any atom is 0.487 e. The lowest BCUT2D eigenvalue weighted by atomic mass is 9.55. The first-order chi connectivity index (χ1) is 22.8. The zero-order valence-electron chi connectivity index (χ0n) is 25.5. The Bertz CT molecular complexity index is 1840. The highest BCUT2D eigenvalue weighted by Crippen LogP contribution is 2.52. The second-order valence-corrected chi connectivity index (χ2v) is 13.1. The second-order valence-electron chi connectivity index (χ2n) is 11.9. The van der Waals surface area contributed by atoms with Gasteiger partial charge in [0, 0.05) is 11.4 Å². The number of benzene rings is 4. The Balaban J connectivity index is 1.21. The minimum atomic E-state index is -1.31. The Kier molecular flexibility index (Phi) is 8.69. The van der Waals surface area contributed by atoms with Crippen LogP contribution in [0.3, 0.4) is 0 Å². The van der Waals surface area contributed by atoms with E-state index >= 15 is 0 Å². The summed E-state index contributed by atoms with van der Waals surface area (Å²) in [5.41, 5.74) is 4.31. The summed E-state index contributed by atoms with van der Waals surface area (Å²) in [6.45, 7) is 0.149. The van der Waals surface area contributed by atoms with Gasteiger partial charge in [-0.15, -0.1) is 0 Å². The predicted molar refractivity (Wildman–Crippen MR) is 187 cm³/mol. The van der Waals surface area contributed by atoms with Crippen LogP contribution in [-0.2, 0) is 14.2 Å². The average molecular weight is 742 g/mol. The van der Waals surface area contributed by atoms with Crippen LogP contribution in [0.4, 0.5) is 17.1 Å². The van der Waals surface area contributed by atoms with Gasteiger partial charge < -0.3 is 29.6 Å². The van der Waals surface area contributed by atoms with E-state index in [9.17, 15) is 19.7 Å². The quantitative estimate of drug-likeness (QED) is 0.108. The minimum absolute atomic E-state index is 0.0177. The van der Waals surface area contributed by atoms with Crippen LogP contribution >= 0.6 is 22.6 Å². The number of fused-ring (bicyclic) bond motifs is 3. The lowest BCUT2D eigenvalue weighted by Crippen LogP contribution is -2.45. The van der Waals surface area contributed by atoms with E-state index in [1.165, 1.54) is 12.0 Å². The number of halogens is 1. The number of carbonyl (C=O) groups is 2. The van der Waals surface area contributed by atoms with Crippen molar-refractivity contribution < 1.29 is 33.8 Å². The summed E-state index contributed by atoms with van der Waals surface area (Å²) in [4.78, 5) is 29.7. The molecule has 0 radical (unpaired) electrons. The van der Waals surface area contributed by atoms with E-state index in [-0.39, 0.29) is 36.3 Å². The first-order valence-electron chi connectivity index (χ1n) is 15.4. The summed E-state index contributed by atoms with van der Waals surface area (Å²) in [7, 11) is 0.158. The zero-order chi connectivity index (χ0) is 32.7. The van der Waals surface area contributed by atoms with E-state index < -0.39 is 31.0 Å². The predicted octanol–water partition coefficient (Wildman–Crippen LogP) is 6.43. The van der Waals surface area contributed by atoms with Crippen molar-refractivity contribution in [3.8, 4) is 17.2 Å². The van der Waals surface area contributed by atoms with Crippen LogP contribution in [0.2, 0.25) is 0 Å². The van der Waals surface area contributed by atoms with Gasteiger partial charge in [0.05, 0.1) is 34.3 Å². The molecule has 3 aliphatic rings. The minimum Gasteiger partial charge on any atom is -0.504 e. The maximum absolute atomic E-state index is 14.3. The van der Waals surface area contributed by atoms with Gasteiger partial charge in [0.25, 0.3) is 0 Å². The van der Waals surface area contributed by atoms with Crippen molar-refractivity contribution in [3.63, 3.8) is 0 Å². The first-order valence-corrected chi connectivity index (χ1v) is 16.5. The molecule has 0 unspecified atom stereocenters. The molecule has 2 saturated heterocycles. The van der Waals surface area contributed by atoms with E-state index in [1.54, 1.807) is 24.3 Å². The summed E-state index contributed by atoms with van der Waals surface area (Å²) in [5, 5.41) is 25.3. The molecule has 4 aromatic rings. The Morgan fingerprint density at radius 3 is 2.32 bits per heavy atom. The highest BCUT2D eigenvalue weighted by atomic mass is 127. The molecule has 7 rings (SSSR count). The average Bonchev–Trinajstić information content (AvgIpc) is 3.34. The Hall–Kier alpha value is -4.33. The number of amides is 2. The molecule has 238 valence electrons. The van der Waals surface area contributed by atoms with E-state index in [1.807, 2.05) is 95.4 Å². The van der Waals surface area contributed by atoms with Gasteiger partial charge in [-0.2, -0.15) is 0 Å². The van der Waals surface area contributed by atoms with E-state index in [0.29, 0.717) is 32.5 Å². The van der Waals surface area contributed by atoms with Gasteiger partial charge >= 0.3 is 7.12 Å². The van der Waals surface area contributed by atoms with Gasteiger partial charge in [-0.05, 0) is 119 Å². The lowest BCUT2D eigenvalue weighted by molar-refractivity contribution is -0.123. The number of aromatic hydroxyl groups is 1. The summed E-state index contributed by atoms with van der Waals surface area (Å²) in [5.74, 6) is -1.37. The molecule has 0 spiro atoms. The highest BCUT2D eigenvalue weighted by Gasteiger charge is 2.58. The number of anilines is 3. The van der Waals surface area contributed by atoms with Crippen molar-refractivity contribution >= 4 is 58.6 Å². The maximum atomic E-state index is 14.3. The van der Waals surface area contributed by atoms with Crippen molar-refractivity contribution in [2.45, 2.75) is 18.9 Å². The molecule has 9 nitrogen and oxygen atoms in total. The molecule has 2 aliphatic heterocycles. The van der Waals surface area contributed by atoms with Gasteiger partial charge in [-0.3, -0.25) is 14.5 Å². The number of carbonyl (C=O) groups excluding carboxylic acids is 2. The molecule has 0 aromatic heterocycles. The summed E-state index contributed by atoms with van der Waals surface area (Å²) in [6, 6.07) is 29.8. The SMILES string of the molecule is COc1cc([C@@H]2C[C@@H]3C(=C(COc4ccccc4)C[C@@H]4C(=O)N(c5ccc(Nc6ccccc6)cc5)C(=O)[C@@H]43)B(O)O2)cc(I)c1O.